The molecule has 0 fully saturated rings. The van der Waals surface area contributed by atoms with Gasteiger partial charge < -0.3 is 14.5 Å². The van der Waals surface area contributed by atoms with E-state index in [2.05, 4.69) is 0 Å². The lowest BCUT2D eigenvalue weighted by Crippen LogP contribution is -2.46. The molecule has 1 unspecified atom stereocenters. The van der Waals surface area contributed by atoms with Gasteiger partial charge in [-0.3, -0.25) is 9.59 Å². The van der Waals surface area contributed by atoms with Gasteiger partial charge in [0.1, 0.15) is 5.92 Å². The normalized spacial score (nSPS) is 13.3. The zero-order chi connectivity index (χ0) is 15.2. The molecular weight excluding hydrogens is 244 g/mol. The molecule has 0 aliphatic heterocycles. The average molecular weight is 272 g/mol. The smallest absolute Gasteiger partial charge is 0.319 e. The highest BCUT2D eigenvalue weighted by Crippen LogP contribution is 2.28. The maximum absolute atomic E-state index is 12.4. The molecule has 0 saturated heterocycles. The molecule has 1 atom stereocenters. The van der Waals surface area contributed by atoms with Crippen molar-refractivity contribution in [2.24, 2.45) is 11.3 Å². The quantitative estimate of drug-likeness (QED) is 0.539. The van der Waals surface area contributed by atoms with E-state index in [1.165, 1.54) is 0 Å². The third-order valence-corrected chi connectivity index (χ3v) is 2.89. The minimum Gasteiger partial charge on any atom is -0.465 e. The number of hydrogen-bond acceptors (Lipinski definition) is 4. The van der Waals surface area contributed by atoms with E-state index in [-0.39, 0.29) is 5.91 Å². The number of rotatable bonds is 6. The van der Waals surface area contributed by atoms with Crippen LogP contribution >= 0.6 is 0 Å². The molecule has 112 valence electrons. The van der Waals surface area contributed by atoms with E-state index >= 15 is 0 Å². The molecule has 0 aromatic rings. The summed E-state index contributed by atoms with van der Waals surface area (Å²) in [7, 11) is 5.62. The fraction of sp³-hybridized carbons (Fsp3) is 0.857. The summed E-state index contributed by atoms with van der Waals surface area (Å²) < 4.78 is 5.03. The molecule has 0 bridgehead atoms. The number of carbonyl (C=O) groups excluding carboxylic acids is 2. The zero-order valence-electron chi connectivity index (χ0n) is 13.3. The fourth-order valence-electron chi connectivity index (χ4n) is 1.73. The van der Waals surface area contributed by atoms with E-state index < -0.39 is 17.3 Å². The molecule has 0 aliphatic carbocycles. The maximum Gasteiger partial charge on any atom is 0.319 e. The van der Waals surface area contributed by atoms with Gasteiger partial charge in [-0.1, -0.05) is 20.8 Å². The summed E-state index contributed by atoms with van der Waals surface area (Å²) in [6.07, 6.45) is 0. The van der Waals surface area contributed by atoms with Gasteiger partial charge in [-0.25, -0.2) is 0 Å². The van der Waals surface area contributed by atoms with Crippen molar-refractivity contribution in [1.82, 2.24) is 9.80 Å². The Hall–Kier alpha value is -1.10. The Morgan fingerprint density at radius 1 is 1.11 bits per heavy atom. The molecule has 0 aliphatic rings. The van der Waals surface area contributed by atoms with Crippen LogP contribution in [0, 0.1) is 11.3 Å². The Bertz CT molecular complexity index is 308. The van der Waals surface area contributed by atoms with Crippen molar-refractivity contribution >= 4 is 11.9 Å². The maximum atomic E-state index is 12.4. The first-order chi connectivity index (χ1) is 8.61. The molecule has 0 spiro atoms. The molecule has 0 radical (unpaired) electrons. The van der Waals surface area contributed by atoms with Crippen LogP contribution < -0.4 is 0 Å². The standard InChI is InChI=1S/C14H28N2O3/c1-8-19-13(18)11(14(2,3)4)12(17)16(7)10-9-15(5)6/h11H,8-10H2,1-7H3. The van der Waals surface area contributed by atoms with Gasteiger partial charge >= 0.3 is 5.97 Å². The number of likely N-dealkylation sites (N-methyl/N-ethyl adjacent to an activating group) is 2. The van der Waals surface area contributed by atoms with Gasteiger partial charge in [0.2, 0.25) is 5.91 Å². The van der Waals surface area contributed by atoms with E-state index in [4.69, 9.17) is 4.74 Å². The third-order valence-electron chi connectivity index (χ3n) is 2.89. The molecule has 5 heteroatoms. The summed E-state index contributed by atoms with van der Waals surface area (Å²) in [6.45, 7) is 9.04. The summed E-state index contributed by atoms with van der Waals surface area (Å²) >= 11 is 0. The number of ether oxygens (including phenoxy) is 1. The highest BCUT2D eigenvalue weighted by molar-refractivity contribution is 5.98. The summed E-state index contributed by atoms with van der Waals surface area (Å²) in [5.74, 6) is -1.36. The molecule has 19 heavy (non-hydrogen) atoms. The molecule has 1 amide bonds. The van der Waals surface area contributed by atoms with Crippen molar-refractivity contribution in [2.45, 2.75) is 27.7 Å². The van der Waals surface area contributed by atoms with Crippen LogP contribution in [0.25, 0.3) is 0 Å². The SMILES string of the molecule is CCOC(=O)C(C(=O)N(C)CCN(C)C)C(C)(C)C. The van der Waals surface area contributed by atoms with Gasteiger partial charge in [0, 0.05) is 20.1 Å². The summed E-state index contributed by atoms with van der Waals surface area (Å²) in [4.78, 5) is 28.0. The predicted octanol–water partition coefficient (Wildman–Crippen LogP) is 1.23. The first kappa shape index (κ1) is 17.9. The van der Waals surface area contributed by atoms with Crippen LogP contribution in [0.1, 0.15) is 27.7 Å². The molecule has 0 N–H and O–H groups in total. The average Bonchev–Trinajstić information content (AvgIpc) is 2.24. The third kappa shape index (κ3) is 6.05. The molecule has 5 nitrogen and oxygen atoms in total. The topological polar surface area (TPSA) is 49.9 Å². The first-order valence-corrected chi connectivity index (χ1v) is 6.67. The van der Waals surface area contributed by atoms with Crippen LogP contribution in [-0.4, -0.2) is 62.5 Å². The monoisotopic (exact) mass is 272 g/mol. The molecule has 0 aromatic heterocycles. The molecule has 0 aromatic carbocycles. The van der Waals surface area contributed by atoms with Crippen LogP contribution in [0.15, 0.2) is 0 Å². The van der Waals surface area contributed by atoms with Crippen LogP contribution in [0.3, 0.4) is 0 Å². The summed E-state index contributed by atoms with van der Waals surface area (Å²) in [6, 6.07) is 0. The number of nitrogens with zero attached hydrogens (tertiary/aromatic N) is 2. The number of amides is 1. The second-order valence-electron chi connectivity index (χ2n) is 6.11. The van der Waals surface area contributed by atoms with E-state index in [1.54, 1.807) is 18.9 Å². The van der Waals surface area contributed by atoms with Gasteiger partial charge in [0.25, 0.3) is 0 Å². The van der Waals surface area contributed by atoms with E-state index in [1.807, 2.05) is 39.8 Å². The number of carbonyl (C=O) groups is 2. The second kappa shape index (κ2) is 7.48. The molecule has 0 heterocycles. The highest BCUT2D eigenvalue weighted by Gasteiger charge is 2.40. The van der Waals surface area contributed by atoms with Crippen LogP contribution in [0.4, 0.5) is 0 Å². The van der Waals surface area contributed by atoms with E-state index in [0.29, 0.717) is 13.2 Å². The summed E-state index contributed by atoms with van der Waals surface area (Å²) in [5, 5.41) is 0. The van der Waals surface area contributed by atoms with Gasteiger partial charge in [0.15, 0.2) is 0 Å². The first-order valence-electron chi connectivity index (χ1n) is 6.67. The van der Waals surface area contributed by atoms with Crippen LogP contribution in [0.2, 0.25) is 0 Å². The zero-order valence-corrected chi connectivity index (χ0v) is 13.3. The summed E-state index contributed by atoms with van der Waals surface area (Å²) in [5.41, 5.74) is -0.449. The Morgan fingerprint density at radius 3 is 2.00 bits per heavy atom. The van der Waals surface area contributed by atoms with Crippen LogP contribution in [-0.2, 0) is 14.3 Å². The lowest BCUT2D eigenvalue weighted by Gasteiger charge is -2.31. The molecule has 0 rings (SSSR count). The number of hydrogen-bond donors (Lipinski definition) is 0. The van der Waals surface area contributed by atoms with Crippen molar-refractivity contribution in [3.8, 4) is 0 Å². The van der Waals surface area contributed by atoms with Crippen molar-refractivity contribution in [3.63, 3.8) is 0 Å². The lowest BCUT2D eigenvalue weighted by molar-refractivity contribution is -0.160. The largest absolute Gasteiger partial charge is 0.465 e. The van der Waals surface area contributed by atoms with E-state index in [0.717, 1.165) is 6.54 Å². The van der Waals surface area contributed by atoms with Gasteiger partial charge in [-0.05, 0) is 26.4 Å². The second-order valence-corrected chi connectivity index (χ2v) is 6.11. The molecular formula is C14H28N2O3. The minimum absolute atomic E-state index is 0.173. The Labute approximate surface area is 116 Å². The van der Waals surface area contributed by atoms with Crippen molar-refractivity contribution in [2.75, 3.05) is 40.8 Å². The predicted molar refractivity (Wildman–Crippen MR) is 75.8 cm³/mol. The van der Waals surface area contributed by atoms with Gasteiger partial charge in [-0.15, -0.1) is 0 Å². The highest BCUT2D eigenvalue weighted by atomic mass is 16.5. The Morgan fingerprint density at radius 2 is 1.63 bits per heavy atom. The number of esters is 1. The van der Waals surface area contributed by atoms with Crippen molar-refractivity contribution in [3.05, 3.63) is 0 Å². The Balaban J connectivity index is 4.86. The van der Waals surface area contributed by atoms with Crippen molar-refractivity contribution < 1.29 is 14.3 Å². The van der Waals surface area contributed by atoms with E-state index in [9.17, 15) is 9.59 Å². The van der Waals surface area contributed by atoms with Gasteiger partial charge in [-0.2, -0.15) is 0 Å². The fourth-order valence-corrected chi connectivity index (χ4v) is 1.73. The Kier molecular flexibility index (Phi) is 7.05. The molecule has 0 saturated carbocycles. The lowest BCUT2D eigenvalue weighted by atomic mass is 9.80. The van der Waals surface area contributed by atoms with Crippen LogP contribution in [0.5, 0.6) is 0 Å². The van der Waals surface area contributed by atoms with Crippen molar-refractivity contribution in [1.29, 1.82) is 0 Å². The van der Waals surface area contributed by atoms with Gasteiger partial charge in [0.05, 0.1) is 6.61 Å². The minimum atomic E-state index is -0.750.